The summed E-state index contributed by atoms with van der Waals surface area (Å²) in [5.74, 6) is 1.04. The van der Waals surface area contributed by atoms with E-state index in [1.54, 1.807) is 14.0 Å². The van der Waals surface area contributed by atoms with Crippen molar-refractivity contribution in [2.24, 2.45) is 0 Å². The molecule has 0 saturated heterocycles. The second-order valence-electron chi connectivity index (χ2n) is 6.01. The Bertz CT molecular complexity index is 481. The van der Waals surface area contributed by atoms with Crippen LogP contribution in [0.3, 0.4) is 0 Å². The fraction of sp³-hybridized carbons (Fsp3) is 0.562. The number of carbonyl (C=O) groups excluding carboxylic acids is 1. The average Bonchev–Trinajstić information content (AvgIpc) is 2.38. The lowest BCUT2D eigenvalue weighted by Gasteiger charge is -2.24. The van der Waals surface area contributed by atoms with E-state index >= 15 is 0 Å². The molecule has 1 atom stereocenters. The molecule has 0 fully saturated rings. The summed E-state index contributed by atoms with van der Waals surface area (Å²) >= 11 is 0. The third kappa shape index (κ3) is 5.63. The standard InChI is InChI=1S/C16H26N2O3/c1-11(15(19)18-16(2,3)4)21-13-8-7-12(10-17-5)9-14(13)20-6/h7-9,11,17H,10H2,1-6H3,(H,18,19). The van der Waals surface area contributed by atoms with Crippen LogP contribution in [0.5, 0.6) is 11.5 Å². The fourth-order valence-corrected chi connectivity index (χ4v) is 1.84. The highest BCUT2D eigenvalue weighted by Gasteiger charge is 2.21. The topological polar surface area (TPSA) is 59.6 Å². The Balaban J connectivity index is 2.80. The first-order valence-electron chi connectivity index (χ1n) is 7.07. The minimum Gasteiger partial charge on any atom is -0.493 e. The Kier molecular flexibility index (Phi) is 6.03. The van der Waals surface area contributed by atoms with Crippen LogP contribution < -0.4 is 20.1 Å². The van der Waals surface area contributed by atoms with Gasteiger partial charge in [0.05, 0.1) is 7.11 Å². The molecule has 0 radical (unpaired) electrons. The normalized spacial score (nSPS) is 12.7. The number of amides is 1. The molecule has 21 heavy (non-hydrogen) atoms. The van der Waals surface area contributed by atoms with Crippen LogP contribution in [0.2, 0.25) is 0 Å². The maximum Gasteiger partial charge on any atom is 0.261 e. The number of carbonyl (C=O) groups is 1. The molecule has 0 heterocycles. The second-order valence-corrected chi connectivity index (χ2v) is 6.01. The smallest absolute Gasteiger partial charge is 0.261 e. The Labute approximate surface area is 127 Å². The van der Waals surface area contributed by atoms with Gasteiger partial charge in [0.25, 0.3) is 5.91 Å². The van der Waals surface area contributed by atoms with Crippen LogP contribution in [0.25, 0.3) is 0 Å². The van der Waals surface area contributed by atoms with E-state index in [2.05, 4.69) is 10.6 Å². The van der Waals surface area contributed by atoms with Gasteiger partial charge in [-0.3, -0.25) is 4.79 Å². The number of benzene rings is 1. The van der Waals surface area contributed by atoms with E-state index in [0.717, 1.165) is 12.1 Å². The molecule has 1 aromatic carbocycles. The summed E-state index contributed by atoms with van der Waals surface area (Å²) in [5.41, 5.74) is 0.809. The summed E-state index contributed by atoms with van der Waals surface area (Å²) < 4.78 is 11.0. The molecule has 2 N–H and O–H groups in total. The van der Waals surface area contributed by atoms with Crippen LogP contribution in [0.1, 0.15) is 33.3 Å². The first-order valence-corrected chi connectivity index (χ1v) is 7.07. The van der Waals surface area contributed by atoms with Crippen molar-refractivity contribution < 1.29 is 14.3 Å². The van der Waals surface area contributed by atoms with Gasteiger partial charge in [0.15, 0.2) is 17.6 Å². The third-order valence-corrected chi connectivity index (χ3v) is 2.78. The van der Waals surface area contributed by atoms with Crippen molar-refractivity contribution in [3.63, 3.8) is 0 Å². The predicted octanol–water partition coefficient (Wildman–Crippen LogP) is 2.10. The van der Waals surface area contributed by atoms with Gasteiger partial charge in [0, 0.05) is 12.1 Å². The lowest BCUT2D eigenvalue weighted by atomic mass is 10.1. The van der Waals surface area contributed by atoms with Gasteiger partial charge >= 0.3 is 0 Å². The van der Waals surface area contributed by atoms with Crippen molar-refractivity contribution in [2.45, 2.75) is 45.9 Å². The van der Waals surface area contributed by atoms with Gasteiger partial charge in [-0.25, -0.2) is 0 Å². The summed E-state index contributed by atoms with van der Waals surface area (Å²) in [5, 5.41) is 5.97. The first kappa shape index (κ1) is 17.3. The highest BCUT2D eigenvalue weighted by atomic mass is 16.5. The van der Waals surface area contributed by atoms with E-state index < -0.39 is 6.10 Å². The Hall–Kier alpha value is -1.75. The minimum atomic E-state index is -0.590. The maximum atomic E-state index is 12.0. The molecule has 0 aliphatic heterocycles. The second kappa shape index (κ2) is 7.31. The van der Waals surface area contributed by atoms with E-state index in [0.29, 0.717) is 11.5 Å². The van der Waals surface area contributed by atoms with Gasteiger partial charge in [0.1, 0.15) is 0 Å². The van der Waals surface area contributed by atoms with Crippen molar-refractivity contribution in [3.8, 4) is 11.5 Å². The van der Waals surface area contributed by atoms with Crippen molar-refractivity contribution in [3.05, 3.63) is 23.8 Å². The van der Waals surface area contributed by atoms with Gasteiger partial charge in [0.2, 0.25) is 0 Å². The molecule has 5 heteroatoms. The third-order valence-electron chi connectivity index (χ3n) is 2.78. The Morgan fingerprint density at radius 2 is 1.95 bits per heavy atom. The number of methoxy groups -OCH3 is 1. The summed E-state index contributed by atoms with van der Waals surface area (Å²) in [6, 6.07) is 5.68. The van der Waals surface area contributed by atoms with Crippen LogP contribution in [-0.2, 0) is 11.3 Å². The van der Waals surface area contributed by atoms with Crippen molar-refractivity contribution in [2.75, 3.05) is 14.2 Å². The van der Waals surface area contributed by atoms with Crippen molar-refractivity contribution in [1.82, 2.24) is 10.6 Å². The van der Waals surface area contributed by atoms with Crippen molar-refractivity contribution in [1.29, 1.82) is 0 Å². The molecular formula is C16H26N2O3. The van der Waals surface area contributed by atoms with E-state index in [1.165, 1.54) is 0 Å². The summed E-state index contributed by atoms with van der Waals surface area (Å²) in [4.78, 5) is 12.0. The summed E-state index contributed by atoms with van der Waals surface area (Å²) in [6.45, 7) is 8.28. The quantitative estimate of drug-likeness (QED) is 0.843. The molecule has 0 bridgehead atoms. The zero-order valence-electron chi connectivity index (χ0n) is 13.7. The molecule has 0 spiro atoms. The average molecular weight is 294 g/mol. The lowest BCUT2D eigenvalue weighted by molar-refractivity contribution is -0.128. The molecule has 0 aliphatic carbocycles. The number of rotatable bonds is 6. The zero-order valence-corrected chi connectivity index (χ0v) is 13.7. The SMILES string of the molecule is CNCc1ccc(OC(C)C(=O)NC(C)(C)C)c(OC)c1. The van der Waals surface area contributed by atoms with Gasteiger partial charge in [-0.2, -0.15) is 0 Å². The molecule has 1 unspecified atom stereocenters. The predicted molar refractivity (Wildman–Crippen MR) is 83.7 cm³/mol. The van der Waals surface area contributed by atoms with Crippen molar-refractivity contribution >= 4 is 5.91 Å². The molecular weight excluding hydrogens is 268 g/mol. The molecule has 1 rings (SSSR count). The summed E-state index contributed by atoms with van der Waals surface area (Å²) in [7, 11) is 3.47. The first-order chi connectivity index (χ1) is 9.76. The van der Waals surface area contributed by atoms with E-state index in [1.807, 2.05) is 46.0 Å². The minimum absolute atomic E-state index is 0.149. The highest BCUT2D eigenvalue weighted by Crippen LogP contribution is 2.29. The molecule has 5 nitrogen and oxygen atoms in total. The maximum absolute atomic E-state index is 12.0. The van der Waals surface area contributed by atoms with Crippen LogP contribution in [0, 0.1) is 0 Å². The molecule has 0 aromatic heterocycles. The van der Waals surface area contributed by atoms with Crippen LogP contribution in [0.15, 0.2) is 18.2 Å². The van der Waals surface area contributed by atoms with E-state index in [9.17, 15) is 4.79 Å². The number of nitrogens with one attached hydrogen (secondary N) is 2. The van der Waals surface area contributed by atoms with Crippen LogP contribution >= 0.6 is 0 Å². The lowest BCUT2D eigenvalue weighted by Crippen LogP contribution is -2.46. The van der Waals surface area contributed by atoms with E-state index in [-0.39, 0.29) is 11.4 Å². The van der Waals surface area contributed by atoms with Gasteiger partial charge in [-0.05, 0) is 52.4 Å². The van der Waals surface area contributed by atoms with Gasteiger partial charge in [-0.15, -0.1) is 0 Å². The fourth-order valence-electron chi connectivity index (χ4n) is 1.84. The Morgan fingerprint density at radius 3 is 2.48 bits per heavy atom. The number of hydrogen-bond donors (Lipinski definition) is 2. The molecule has 0 aliphatic rings. The van der Waals surface area contributed by atoms with Crippen LogP contribution in [-0.4, -0.2) is 31.7 Å². The van der Waals surface area contributed by atoms with Gasteiger partial charge in [-0.1, -0.05) is 6.07 Å². The summed E-state index contributed by atoms with van der Waals surface area (Å²) in [6.07, 6.45) is -0.590. The van der Waals surface area contributed by atoms with Crippen LogP contribution in [0.4, 0.5) is 0 Å². The van der Waals surface area contributed by atoms with Gasteiger partial charge < -0.3 is 20.1 Å². The number of ether oxygens (including phenoxy) is 2. The molecule has 1 aromatic rings. The van der Waals surface area contributed by atoms with E-state index in [4.69, 9.17) is 9.47 Å². The molecule has 1 amide bonds. The Morgan fingerprint density at radius 1 is 1.29 bits per heavy atom. The largest absolute Gasteiger partial charge is 0.493 e. The number of hydrogen-bond acceptors (Lipinski definition) is 4. The zero-order chi connectivity index (χ0) is 16.0. The molecule has 118 valence electrons. The monoisotopic (exact) mass is 294 g/mol. The molecule has 0 saturated carbocycles. The highest BCUT2D eigenvalue weighted by molar-refractivity contribution is 5.81.